The predicted octanol–water partition coefficient (Wildman–Crippen LogP) is 2.56. The van der Waals surface area contributed by atoms with Crippen molar-refractivity contribution >= 4 is 23.4 Å². The van der Waals surface area contributed by atoms with Crippen LogP contribution in [0.15, 0.2) is 54.6 Å². The molecule has 0 aromatic heterocycles. The van der Waals surface area contributed by atoms with Crippen LogP contribution < -0.4 is 5.32 Å². The zero-order valence-corrected chi connectivity index (χ0v) is 19.9. The summed E-state index contributed by atoms with van der Waals surface area (Å²) >= 11 is 0. The number of nitrogens with zero attached hydrogens (tertiary/aromatic N) is 3. The van der Waals surface area contributed by atoms with Gasteiger partial charge in [-0.1, -0.05) is 48.0 Å². The number of piperazine rings is 1. The average Bonchev–Trinajstić information content (AvgIpc) is 2.86. The largest absolute Gasteiger partial charge is 0.342 e. The lowest BCUT2D eigenvalue weighted by molar-refractivity contribution is -0.137. The summed E-state index contributed by atoms with van der Waals surface area (Å²) in [5.74, 6) is 0.226. The van der Waals surface area contributed by atoms with Crippen LogP contribution in [-0.4, -0.2) is 78.2 Å². The molecule has 2 heterocycles. The second-order valence-electron chi connectivity index (χ2n) is 9.33. The first-order chi connectivity index (χ1) is 16.5. The number of nitrogens with one attached hydrogen (secondary N) is 1. The maximum Gasteiger partial charge on any atom is 0.236 e. The van der Waals surface area contributed by atoms with E-state index in [9.17, 15) is 14.4 Å². The predicted molar refractivity (Wildman–Crippen MR) is 132 cm³/mol. The Hall–Kier alpha value is -3.19. The maximum atomic E-state index is 12.8. The summed E-state index contributed by atoms with van der Waals surface area (Å²) < 4.78 is 0. The van der Waals surface area contributed by atoms with Crippen LogP contribution in [0.2, 0.25) is 0 Å². The first-order valence-electron chi connectivity index (χ1n) is 12.2. The molecule has 0 spiro atoms. The summed E-state index contributed by atoms with van der Waals surface area (Å²) in [4.78, 5) is 43.9. The van der Waals surface area contributed by atoms with Crippen molar-refractivity contribution in [3.8, 4) is 0 Å². The van der Waals surface area contributed by atoms with E-state index in [1.807, 2.05) is 71.3 Å². The smallest absolute Gasteiger partial charge is 0.236 e. The molecule has 7 nitrogen and oxygen atoms in total. The molecule has 0 bridgehead atoms. The molecule has 3 amide bonds. The highest BCUT2D eigenvalue weighted by molar-refractivity contribution is 5.92. The van der Waals surface area contributed by atoms with Gasteiger partial charge in [0, 0.05) is 50.9 Å². The molecule has 2 aliphatic rings. The molecular weight excluding hydrogens is 428 g/mol. The molecular formula is C27H34N4O3. The SMILES string of the molecule is Cc1ccc(CC(=O)N2CCN(CC(=O)N3CCC(C(=O)Nc4ccccc4)CC3)CC2)cc1. The summed E-state index contributed by atoms with van der Waals surface area (Å²) in [5.41, 5.74) is 3.03. The number of piperidine rings is 1. The van der Waals surface area contributed by atoms with Crippen molar-refractivity contribution in [2.75, 3.05) is 51.1 Å². The van der Waals surface area contributed by atoms with Gasteiger partial charge < -0.3 is 15.1 Å². The van der Waals surface area contributed by atoms with Gasteiger partial charge in [0.25, 0.3) is 0 Å². The van der Waals surface area contributed by atoms with Crippen molar-refractivity contribution < 1.29 is 14.4 Å². The minimum absolute atomic E-state index is 0.0322. The minimum atomic E-state index is -0.0626. The summed E-state index contributed by atoms with van der Waals surface area (Å²) in [6.07, 6.45) is 1.80. The van der Waals surface area contributed by atoms with Crippen LogP contribution in [0.1, 0.15) is 24.0 Å². The van der Waals surface area contributed by atoms with E-state index in [-0.39, 0.29) is 23.6 Å². The Kier molecular flexibility index (Phi) is 7.95. The Bertz CT molecular complexity index is 977. The lowest BCUT2D eigenvalue weighted by Gasteiger charge is -2.37. The third-order valence-electron chi connectivity index (χ3n) is 6.82. The number of likely N-dealkylation sites (tertiary alicyclic amines) is 1. The number of amides is 3. The second kappa shape index (κ2) is 11.3. The Morgan fingerprint density at radius 1 is 0.794 bits per heavy atom. The van der Waals surface area contributed by atoms with Gasteiger partial charge in [-0.05, 0) is 37.5 Å². The lowest BCUT2D eigenvalue weighted by Crippen LogP contribution is -2.52. The van der Waals surface area contributed by atoms with Gasteiger partial charge in [0.2, 0.25) is 17.7 Å². The zero-order chi connectivity index (χ0) is 23.9. The fraction of sp³-hybridized carbons (Fsp3) is 0.444. The topological polar surface area (TPSA) is 73.0 Å². The number of carbonyl (C=O) groups excluding carboxylic acids is 3. The number of hydrogen-bond acceptors (Lipinski definition) is 4. The molecule has 0 radical (unpaired) electrons. The standard InChI is InChI=1S/C27H34N4O3/c1-21-7-9-22(10-8-21)19-25(32)31-17-15-29(16-18-31)20-26(33)30-13-11-23(12-14-30)27(34)28-24-5-3-2-4-6-24/h2-10,23H,11-20H2,1H3,(H,28,34). The van der Waals surface area contributed by atoms with Crippen molar-refractivity contribution in [1.82, 2.24) is 14.7 Å². The van der Waals surface area contributed by atoms with Crippen molar-refractivity contribution in [2.45, 2.75) is 26.2 Å². The number of anilines is 1. The molecule has 0 unspecified atom stereocenters. The molecule has 2 aromatic rings. The van der Waals surface area contributed by atoms with E-state index >= 15 is 0 Å². The molecule has 7 heteroatoms. The Morgan fingerprint density at radius 2 is 1.41 bits per heavy atom. The van der Waals surface area contributed by atoms with Gasteiger partial charge in [-0.2, -0.15) is 0 Å². The lowest BCUT2D eigenvalue weighted by atomic mass is 9.95. The van der Waals surface area contributed by atoms with E-state index in [0.29, 0.717) is 65.1 Å². The third kappa shape index (κ3) is 6.44. The number of benzene rings is 2. The Labute approximate surface area is 201 Å². The number of hydrogen-bond donors (Lipinski definition) is 1. The summed E-state index contributed by atoms with van der Waals surface area (Å²) in [7, 11) is 0. The van der Waals surface area contributed by atoms with Gasteiger partial charge in [-0.15, -0.1) is 0 Å². The summed E-state index contributed by atoms with van der Waals surface area (Å²) in [6, 6.07) is 17.6. The molecule has 2 saturated heterocycles. The molecule has 0 aliphatic carbocycles. The van der Waals surface area contributed by atoms with E-state index in [2.05, 4.69) is 10.2 Å². The van der Waals surface area contributed by atoms with Gasteiger partial charge in [0.05, 0.1) is 13.0 Å². The van der Waals surface area contributed by atoms with Crippen LogP contribution in [-0.2, 0) is 20.8 Å². The van der Waals surface area contributed by atoms with Gasteiger partial charge in [-0.3, -0.25) is 19.3 Å². The normalized spacial score (nSPS) is 17.4. The molecule has 1 N–H and O–H groups in total. The van der Waals surface area contributed by atoms with E-state index in [1.54, 1.807) is 0 Å². The van der Waals surface area contributed by atoms with Crippen molar-refractivity contribution in [1.29, 1.82) is 0 Å². The number of aryl methyl sites for hydroxylation is 1. The van der Waals surface area contributed by atoms with Crippen molar-refractivity contribution in [2.24, 2.45) is 5.92 Å². The highest BCUT2D eigenvalue weighted by Crippen LogP contribution is 2.20. The first kappa shape index (κ1) is 24.0. The highest BCUT2D eigenvalue weighted by Gasteiger charge is 2.29. The molecule has 0 atom stereocenters. The van der Waals surface area contributed by atoms with Crippen molar-refractivity contribution in [3.05, 3.63) is 65.7 Å². The quantitative estimate of drug-likeness (QED) is 0.716. The average molecular weight is 463 g/mol. The minimum Gasteiger partial charge on any atom is -0.342 e. The zero-order valence-electron chi connectivity index (χ0n) is 19.9. The van der Waals surface area contributed by atoms with Crippen LogP contribution in [0.3, 0.4) is 0 Å². The van der Waals surface area contributed by atoms with Crippen LogP contribution in [0.4, 0.5) is 5.69 Å². The van der Waals surface area contributed by atoms with Crippen LogP contribution in [0.25, 0.3) is 0 Å². The second-order valence-corrected chi connectivity index (χ2v) is 9.33. The molecule has 180 valence electrons. The van der Waals surface area contributed by atoms with Gasteiger partial charge in [0.1, 0.15) is 0 Å². The van der Waals surface area contributed by atoms with Gasteiger partial charge in [0.15, 0.2) is 0 Å². The molecule has 0 saturated carbocycles. The molecule has 2 fully saturated rings. The summed E-state index contributed by atoms with van der Waals surface area (Å²) in [5, 5.41) is 2.97. The Balaban J connectivity index is 1.16. The monoisotopic (exact) mass is 462 g/mol. The van der Waals surface area contributed by atoms with Crippen LogP contribution in [0, 0.1) is 12.8 Å². The van der Waals surface area contributed by atoms with Gasteiger partial charge in [-0.25, -0.2) is 0 Å². The first-order valence-corrected chi connectivity index (χ1v) is 12.2. The number of rotatable bonds is 6. The number of carbonyl (C=O) groups is 3. The molecule has 2 aromatic carbocycles. The molecule has 4 rings (SSSR count). The van der Waals surface area contributed by atoms with E-state index in [0.717, 1.165) is 11.3 Å². The van der Waals surface area contributed by atoms with E-state index in [1.165, 1.54) is 5.56 Å². The molecule has 34 heavy (non-hydrogen) atoms. The highest BCUT2D eigenvalue weighted by atomic mass is 16.2. The van der Waals surface area contributed by atoms with Crippen LogP contribution in [0.5, 0.6) is 0 Å². The van der Waals surface area contributed by atoms with Crippen molar-refractivity contribution in [3.63, 3.8) is 0 Å². The maximum absolute atomic E-state index is 12.8. The number of para-hydroxylation sites is 1. The Morgan fingerprint density at radius 3 is 2.06 bits per heavy atom. The van der Waals surface area contributed by atoms with E-state index < -0.39 is 0 Å². The fourth-order valence-electron chi connectivity index (χ4n) is 4.60. The third-order valence-corrected chi connectivity index (χ3v) is 6.82. The fourth-order valence-corrected chi connectivity index (χ4v) is 4.60. The van der Waals surface area contributed by atoms with Crippen LogP contribution >= 0.6 is 0 Å². The van der Waals surface area contributed by atoms with Gasteiger partial charge >= 0.3 is 0 Å². The van der Waals surface area contributed by atoms with E-state index in [4.69, 9.17) is 0 Å². The summed E-state index contributed by atoms with van der Waals surface area (Å²) in [6.45, 7) is 6.36. The molecule has 2 aliphatic heterocycles.